The van der Waals surface area contributed by atoms with E-state index in [-0.39, 0.29) is 24.3 Å². The minimum Gasteiger partial charge on any atom is -0.486 e. The number of pyridine rings is 3. The molecule has 9 heteroatoms. The maximum Gasteiger partial charge on any atom is 0.268 e. The molecule has 4 aromatic rings. The molecule has 0 bridgehead atoms. The van der Waals surface area contributed by atoms with Gasteiger partial charge in [-0.3, -0.25) is 14.8 Å². The zero-order valence-electron chi connectivity index (χ0n) is 21.4. The number of nitrogens with zero attached hydrogens (tertiary/aromatic N) is 5. The molecule has 4 rings (SSSR count). The molecule has 0 saturated heterocycles. The van der Waals surface area contributed by atoms with Crippen molar-refractivity contribution in [2.24, 2.45) is 4.99 Å². The molecule has 3 aromatic heterocycles. The van der Waals surface area contributed by atoms with Crippen LogP contribution in [-0.4, -0.2) is 20.7 Å². The highest BCUT2D eigenvalue weighted by atomic mass is 35.5. The van der Waals surface area contributed by atoms with Gasteiger partial charge in [-0.25, -0.2) is 9.37 Å². The predicted molar refractivity (Wildman–Crippen MR) is 147 cm³/mol. The first-order chi connectivity index (χ1) is 18.2. The van der Waals surface area contributed by atoms with E-state index in [9.17, 15) is 10.1 Å². The molecular formula is C29H25ClFN5O2. The molecule has 7 nitrogen and oxygen atoms in total. The quantitative estimate of drug-likeness (QED) is 0.271. The summed E-state index contributed by atoms with van der Waals surface area (Å²) in [6, 6.07) is 12.4. The van der Waals surface area contributed by atoms with Crippen molar-refractivity contribution in [2.75, 3.05) is 0 Å². The number of allylic oxidation sites excluding steroid dienone is 1. The van der Waals surface area contributed by atoms with Gasteiger partial charge < -0.3 is 9.30 Å². The van der Waals surface area contributed by atoms with Gasteiger partial charge in [-0.2, -0.15) is 5.26 Å². The number of para-hydroxylation sites is 1. The second-order valence-corrected chi connectivity index (χ2v) is 9.20. The molecule has 0 N–H and O–H groups in total. The molecule has 38 heavy (non-hydrogen) atoms. The topological polar surface area (TPSA) is 93.2 Å². The van der Waals surface area contributed by atoms with Crippen LogP contribution in [0.25, 0.3) is 16.6 Å². The van der Waals surface area contributed by atoms with Crippen LogP contribution in [0.1, 0.15) is 47.5 Å². The summed E-state index contributed by atoms with van der Waals surface area (Å²) in [7, 11) is 0. The van der Waals surface area contributed by atoms with Gasteiger partial charge >= 0.3 is 0 Å². The van der Waals surface area contributed by atoms with Gasteiger partial charge in [-0.1, -0.05) is 23.7 Å². The van der Waals surface area contributed by atoms with Crippen LogP contribution in [0.15, 0.2) is 63.6 Å². The minimum atomic E-state index is -0.555. The lowest BCUT2D eigenvalue weighted by molar-refractivity contribution is 0.300. The first-order valence-corrected chi connectivity index (χ1v) is 12.2. The van der Waals surface area contributed by atoms with Gasteiger partial charge in [-0.05, 0) is 52.0 Å². The molecule has 0 spiro atoms. The Bertz CT molecular complexity index is 1700. The highest BCUT2D eigenvalue weighted by Crippen LogP contribution is 2.34. The number of ether oxygens (including phenoxy) is 1. The number of aryl methyl sites for hydroxylation is 2. The van der Waals surface area contributed by atoms with Gasteiger partial charge in [0, 0.05) is 50.9 Å². The van der Waals surface area contributed by atoms with Crippen molar-refractivity contribution in [3.63, 3.8) is 0 Å². The van der Waals surface area contributed by atoms with E-state index < -0.39 is 11.4 Å². The monoisotopic (exact) mass is 529 g/mol. The Kier molecular flexibility index (Phi) is 7.99. The number of aliphatic imine (C=N–C) groups is 1. The molecule has 0 aliphatic rings. The SMILES string of the molecule is C/C=N\C(=C(/C)Cl)c1cc(C)nc2c(OCc3c(F)cnc(C)c3Cn3cccc(C#N)c3=O)cccc12. The minimum absolute atomic E-state index is 0.00771. The Labute approximate surface area is 224 Å². The molecule has 0 atom stereocenters. The average molecular weight is 530 g/mol. The van der Waals surface area contributed by atoms with Crippen LogP contribution in [0.5, 0.6) is 5.75 Å². The number of nitriles is 1. The Morgan fingerprint density at radius 2 is 2.05 bits per heavy atom. The van der Waals surface area contributed by atoms with Gasteiger partial charge in [0.05, 0.1) is 18.4 Å². The summed E-state index contributed by atoms with van der Waals surface area (Å²) < 4.78 is 22.6. The summed E-state index contributed by atoms with van der Waals surface area (Å²) in [6.07, 6.45) is 4.37. The summed E-state index contributed by atoms with van der Waals surface area (Å²) in [5, 5.41) is 10.5. The van der Waals surface area contributed by atoms with E-state index in [4.69, 9.17) is 16.3 Å². The number of hydrogen-bond acceptors (Lipinski definition) is 6. The number of rotatable bonds is 7. The number of hydrogen-bond donors (Lipinski definition) is 0. The predicted octanol–water partition coefficient (Wildman–Crippen LogP) is 6.06. The van der Waals surface area contributed by atoms with Gasteiger partial charge in [0.2, 0.25) is 0 Å². The summed E-state index contributed by atoms with van der Waals surface area (Å²) >= 11 is 6.36. The van der Waals surface area contributed by atoms with Gasteiger partial charge in [0.25, 0.3) is 5.56 Å². The van der Waals surface area contributed by atoms with Crippen LogP contribution in [0.3, 0.4) is 0 Å². The molecule has 0 radical (unpaired) electrons. The van der Waals surface area contributed by atoms with Crippen molar-refractivity contribution in [1.29, 1.82) is 5.26 Å². The van der Waals surface area contributed by atoms with Crippen molar-refractivity contribution < 1.29 is 9.13 Å². The van der Waals surface area contributed by atoms with Crippen molar-refractivity contribution in [2.45, 2.75) is 40.8 Å². The third kappa shape index (κ3) is 5.34. The zero-order valence-corrected chi connectivity index (χ0v) is 22.2. The van der Waals surface area contributed by atoms with Crippen LogP contribution in [0.2, 0.25) is 0 Å². The fourth-order valence-corrected chi connectivity index (χ4v) is 4.39. The van der Waals surface area contributed by atoms with Crippen LogP contribution in [-0.2, 0) is 13.2 Å². The second-order valence-electron chi connectivity index (χ2n) is 8.64. The first-order valence-electron chi connectivity index (χ1n) is 11.9. The molecule has 1 aromatic carbocycles. The maximum absolute atomic E-state index is 15.1. The summed E-state index contributed by atoms with van der Waals surface area (Å²) in [5.74, 6) is -0.0941. The van der Waals surface area contributed by atoms with E-state index in [0.29, 0.717) is 33.3 Å². The molecule has 0 amide bonds. The van der Waals surface area contributed by atoms with Crippen LogP contribution < -0.4 is 10.3 Å². The van der Waals surface area contributed by atoms with Crippen molar-refractivity contribution in [1.82, 2.24) is 14.5 Å². The zero-order chi connectivity index (χ0) is 27.4. The second kappa shape index (κ2) is 11.4. The van der Waals surface area contributed by atoms with E-state index in [1.165, 1.54) is 10.6 Å². The summed E-state index contributed by atoms with van der Waals surface area (Å²) in [5.41, 5.74) is 3.66. The molecule has 0 aliphatic carbocycles. The van der Waals surface area contributed by atoms with Crippen molar-refractivity contribution >= 4 is 34.4 Å². The van der Waals surface area contributed by atoms with Gasteiger partial charge in [-0.15, -0.1) is 0 Å². The molecular weight excluding hydrogens is 505 g/mol. The Morgan fingerprint density at radius 1 is 1.26 bits per heavy atom. The molecule has 3 heterocycles. The molecule has 0 unspecified atom stereocenters. The molecule has 192 valence electrons. The Hall–Kier alpha value is -4.35. The van der Waals surface area contributed by atoms with E-state index in [2.05, 4.69) is 15.0 Å². The normalized spacial score (nSPS) is 12.0. The Balaban J connectivity index is 1.76. The van der Waals surface area contributed by atoms with E-state index in [1.54, 1.807) is 38.4 Å². The number of aromatic nitrogens is 3. The van der Waals surface area contributed by atoms with Crippen LogP contribution in [0, 0.1) is 31.0 Å². The summed E-state index contributed by atoms with van der Waals surface area (Å²) in [4.78, 5) is 25.9. The highest BCUT2D eigenvalue weighted by Gasteiger charge is 2.18. The van der Waals surface area contributed by atoms with Crippen molar-refractivity contribution in [3.8, 4) is 11.8 Å². The Morgan fingerprint density at radius 3 is 2.76 bits per heavy atom. The van der Waals surface area contributed by atoms with Crippen molar-refractivity contribution in [3.05, 3.63) is 104 Å². The number of fused-ring (bicyclic) bond motifs is 1. The number of halogens is 2. The fourth-order valence-electron chi connectivity index (χ4n) is 4.24. The van der Waals surface area contributed by atoms with Gasteiger partial charge in [0.15, 0.2) is 0 Å². The van der Waals surface area contributed by atoms with Crippen LogP contribution >= 0.6 is 11.6 Å². The summed E-state index contributed by atoms with van der Waals surface area (Å²) in [6.45, 7) is 7.12. The lowest BCUT2D eigenvalue weighted by Gasteiger charge is -2.17. The van der Waals surface area contributed by atoms with E-state index in [1.807, 2.05) is 38.1 Å². The standard InChI is InChI=1S/C29H25ClFN5O2/c1-5-33-27(18(3)30)22-12-17(2)35-28-21(22)9-6-10-26(28)38-16-24-23(19(4)34-14-25(24)31)15-36-11-7-8-20(13-32)29(36)37/h5-12,14H,15-16H2,1-4H3/b27-18+,33-5-. The largest absolute Gasteiger partial charge is 0.486 e. The molecule has 0 saturated carbocycles. The smallest absolute Gasteiger partial charge is 0.268 e. The highest BCUT2D eigenvalue weighted by molar-refractivity contribution is 6.32. The lowest BCUT2D eigenvalue weighted by Crippen LogP contribution is -2.23. The average Bonchev–Trinajstić information content (AvgIpc) is 2.89. The molecule has 0 aliphatic heterocycles. The fraction of sp³-hybridized carbons (Fsp3) is 0.207. The van der Waals surface area contributed by atoms with Crippen LogP contribution in [0.4, 0.5) is 4.39 Å². The third-order valence-corrected chi connectivity index (χ3v) is 6.25. The van der Waals surface area contributed by atoms with E-state index in [0.717, 1.165) is 22.8 Å². The molecule has 0 fully saturated rings. The lowest BCUT2D eigenvalue weighted by atomic mass is 10.0. The van der Waals surface area contributed by atoms with Gasteiger partial charge in [0.1, 0.15) is 35.3 Å². The third-order valence-electron chi connectivity index (χ3n) is 6.07. The number of benzene rings is 1. The van der Waals surface area contributed by atoms with E-state index >= 15 is 4.39 Å². The maximum atomic E-state index is 15.1. The first kappa shape index (κ1) is 26.7.